The van der Waals surface area contributed by atoms with Crippen LogP contribution in [0.25, 0.3) is 0 Å². The Hall–Kier alpha value is -1.45. The van der Waals surface area contributed by atoms with E-state index in [0.717, 1.165) is 17.9 Å². The van der Waals surface area contributed by atoms with Gasteiger partial charge in [0.2, 0.25) is 0 Å². The van der Waals surface area contributed by atoms with Crippen LogP contribution in [0.5, 0.6) is 11.5 Å². The number of ether oxygens (including phenoxy) is 1. The molecule has 20 heavy (non-hydrogen) atoms. The number of rotatable bonds is 6. The van der Waals surface area contributed by atoms with Crippen molar-refractivity contribution in [1.82, 2.24) is 5.32 Å². The molecule has 0 heterocycles. The first-order valence-electron chi connectivity index (χ1n) is 6.86. The van der Waals surface area contributed by atoms with Crippen LogP contribution in [0.1, 0.15) is 24.9 Å². The van der Waals surface area contributed by atoms with Gasteiger partial charge in [-0.3, -0.25) is 0 Å². The number of hydrogen-bond acceptors (Lipinski definition) is 3. The summed E-state index contributed by atoms with van der Waals surface area (Å²) in [4.78, 5) is 1.24. The van der Waals surface area contributed by atoms with Gasteiger partial charge in [-0.1, -0.05) is 19.1 Å². The lowest BCUT2D eigenvalue weighted by atomic mass is 10.0. The second-order valence-electron chi connectivity index (χ2n) is 4.60. The van der Waals surface area contributed by atoms with Crippen molar-refractivity contribution in [3.8, 4) is 11.5 Å². The highest BCUT2D eigenvalue weighted by Gasteiger charge is 2.06. The minimum absolute atomic E-state index is 0.407. The second kappa shape index (κ2) is 7.36. The van der Waals surface area contributed by atoms with Gasteiger partial charge in [0.15, 0.2) is 0 Å². The average molecular weight is 287 g/mol. The number of hydrogen-bond donors (Lipinski definition) is 1. The Morgan fingerprint density at radius 1 is 1.00 bits per heavy atom. The predicted octanol–water partition coefficient (Wildman–Crippen LogP) is 4.87. The predicted molar refractivity (Wildman–Crippen MR) is 86.8 cm³/mol. The van der Waals surface area contributed by atoms with Crippen molar-refractivity contribution in [2.75, 3.05) is 13.3 Å². The minimum atomic E-state index is 0.407. The molecule has 0 saturated heterocycles. The summed E-state index contributed by atoms with van der Waals surface area (Å²) >= 11 is 1.73. The second-order valence-corrected chi connectivity index (χ2v) is 5.48. The summed E-state index contributed by atoms with van der Waals surface area (Å²) < 4.78 is 5.85. The van der Waals surface area contributed by atoms with Crippen LogP contribution in [-0.2, 0) is 0 Å². The van der Waals surface area contributed by atoms with Gasteiger partial charge in [-0.15, -0.1) is 11.8 Å². The van der Waals surface area contributed by atoms with Gasteiger partial charge in [0, 0.05) is 10.9 Å². The molecule has 2 rings (SSSR count). The fourth-order valence-corrected chi connectivity index (χ4v) is 2.56. The first-order chi connectivity index (χ1) is 9.76. The van der Waals surface area contributed by atoms with E-state index in [0.29, 0.717) is 6.04 Å². The number of nitrogens with one attached hydrogen (secondary N) is 1. The molecule has 0 fully saturated rings. The summed E-state index contributed by atoms with van der Waals surface area (Å²) in [5, 5.41) is 3.31. The molecule has 3 heteroatoms. The average Bonchev–Trinajstić information content (AvgIpc) is 2.51. The van der Waals surface area contributed by atoms with E-state index >= 15 is 0 Å². The van der Waals surface area contributed by atoms with Crippen LogP contribution in [0.4, 0.5) is 0 Å². The molecular formula is C17H21NOS. The third kappa shape index (κ3) is 3.78. The maximum absolute atomic E-state index is 5.85. The van der Waals surface area contributed by atoms with E-state index < -0.39 is 0 Å². The Kier molecular flexibility index (Phi) is 5.50. The van der Waals surface area contributed by atoms with Gasteiger partial charge in [-0.2, -0.15) is 0 Å². The zero-order valence-electron chi connectivity index (χ0n) is 12.2. The molecule has 0 aliphatic rings. The van der Waals surface area contributed by atoms with Gasteiger partial charge in [0.25, 0.3) is 0 Å². The van der Waals surface area contributed by atoms with Crippen molar-refractivity contribution < 1.29 is 4.74 Å². The molecule has 0 spiro atoms. The standard InChI is InChI=1S/C17H21NOS/c1-4-17(18-2)13-5-7-14(8-6-13)19-15-9-11-16(20-3)12-10-15/h5-12,17-18H,4H2,1-3H3. The van der Waals surface area contributed by atoms with Gasteiger partial charge in [-0.25, -0.2) is 0 Å². The van der Waals surface area contributed by atoms with Gasteiger partial charge in [0.05, 0.1) is 0 Å². The molecule has 2 nitrogen and oxygen atoms in total. The van der Waals surface area contributed by atoms with Gasteiger partial charge in [0.1, 0.15) is 11.5 Å². The lowest BCUT2D eigenvalue weighted by Crippen LogP contribution is -2.14. The van der Waals surface area contributed by atoms with Crippen LogP contribution >= 0.6 is 11.8 Å². The Bertz CT molecular complexity index is 518. The van der Waals surface area contributed by atoms with Crippen molar-refractivity contribution in [2.24, 2.45) is 0 Å². The van der Waals surface area contributed by atoms with E-state index in [-0.39, 0.29) is 0 Å². The molecule has 0 saturated carbocycles. The summed E-state index contributed by atoms with van der Waals surface area (Å²) in [5.41, 5.74) is 1.29. The molecule has 1 atom stereocenters. The van der Waals surface area contributed by atoms with Crippen molar-refractivity contribution in [3.05, 3.63) is 54.1 Å². The van der Waals surface area contributed by atoms with Crippen LogP contribution in [0.15, 0.2) is 53.4 Å². The van der Waals surface area contributed by atoms with Crippen molar-refractivity contribution in [1.29, 1.82) is 0 Å². The highest BCUT2D eigenvalue weighted by molar-refractivity contribution is 7.98. The van der Waals surface area contributed by atoms with Crippen LogP contribution in [0.2, 0.25) is 0 Å². The summed E-state index contributed by atoms with van der Waals surface area (Å²) in [6.07, 6.45) is 3.15. The molecule has 2 aromatic carbocycles. The first-order valence-corrected chi connectivity index (χ1v) is 8.08. The summed E-state index contributed by atoms with van der Waals surface area (Å²) in [7, 11) is 1.99. The van der Waals surface area contributed by atoms with Crippen LogP contribution in [0.3, 0.4) is 0 Å². The largest absolute Gasteiger partial charge is 0.457 e. The van der Waals surface area contributed by atoms with Crippen molar-refractivity contribution in [2.45, 2.75) is 24.3 Å². The quantitative estimate of drug-likeness (QED) is 0.766. The number of benzene rings is 2. The van der Waals surface area contributed by atoms with Gasteiger partial charge >= 0.3 is 0 Å². The SMILES string of the molecule is CCC(NC)c1ccc(Oc2ccc(SC)cc2)cc1. The smallest absolute Gasteiger partial charge is 0.127 e. The molecule has 1 unspecified atom stereocenters. The van der Waals surface area contributed by atoms with Gasteiger partial charge < -0.3 is 10.1 Å². The van der Waals surface area contributed by atoms with Crippen molar-refractivity contribution >= 4 is 11.8 Å². The molecular weight excluding hydrogens is 266 g/mol. The zero-order valence-corrected chi connectivity index (χ0v) is 13.0. The molecule has 0 aliphatic carbocycles. The normalized spacial score (nSPS) is 12.2. The maximum Gasteiger partial charge on any atom is 0.127 e. The minimum Gasteiger partial charge on any atom is -0.457 e. The van der Waals surface area contributed by atoms with E-state index in [1.807, 2.05) is 31.3 Å². The Balaban J connectivity index is 2.06. The van der Waals surface area contributed by atoms with E-state index in [1.165, 1.54) is 10.5 Å². The van der Waals surface area contributed by atoms with E-state index in [9.17, 15) is 0 Å². The van der Waals surface area contributed by atoms with Gasteiger partial charge in [-0.05, 0) is 61.7 Å². The summed E-state index contributed by atoms with van der Waals surface area (Å²) in [6, 6.07) is 16.8. The third-order valence-electron chi connectivity index (χ3n) is 3.33. The first kappa shape index (κ1) is 14.9. The van der Waals surface area contributed by atoms with Crippen LogP contribution < -0.4 is 10.1 Å². The third-order valence-corrected chi connectivity index (χ3v) is 4.08. The zero-order chi connectivity index (χ0) is 14.4. The molecule has 1 N–H and O–H groups in total. The lowest BCUT2D eigenvalue weighted by Gasteiger charge is -2.14. The van der Waals surface area contributed by atoms with Crippen LogP contribution in [0, 0.1) is 0 Å². The van der Waals surface area contributed by atoms with E-state index in [2.05, 4.69) is 42.8 Å². The molecule has 0 bridgehead atoms. The highest BCUT2D eigenvalue weighted by Crippen LogP contribution is 2.26. The number of thioether (sulfide) groups is 1. The van der Waals surface area contributed by atoms with Crippen molar-refractivity contribution in [3.63, 3.8) is 0 Å². The molecule has 2 aromatic rings. The topological polar surface area (TPSA) is 21.3 Å². The molecule has 106 valence electrons. The summed E-state index contributed by atoms with van der Waals surface area (Å²) in [5.74, 6) is 1.74. The Morgan fingerprint density at radius 2 is 1.55 bits per heavy atom. The highest BCUT2D eigenvalue weighted by atomic mass is 32.2. The fourth-order valence-electron chi connectivity index (χ4n) is 2.15. The molecule has 0 aliphatic heterocycles. The maximum atomic E-state index is 5.85. The Labute approximate surface area is 125 Å². The monoisotopic (exact) mass is 287 g/mol. The fraction of sp³-hybridized carbons (Fsp3) is 0.294. The lowest BCUT2D eigenvalue weighted by molar-refractivity contribution is 0.481. The van der Waals surface area contributed by atoms with Crippen LogP contribution in [-0.4, -0.2) is 13.3 Å². The Morgan fingerprint density at radius 3 is 2.00 bits per heavy atom. The molecule has 0 amide bonds. The van der Waals surface area contributed by atoms with E-state index in [4.69, 9.17) is 4.74 Å². The molecule has 0 radical (unpaired) electrons. The molecule has 0 aromatic heterocycles. The summed E-state index contributed by atoms with van der Waals surface area (Å²) in [6.45, 7) is 2.18. The van der Waals surface area contributed by atoms with E-state index in [1.54, 1.807) is 11.8 Å².